The molecule has 3 saturated heterocycles. The number of carbonyl (C=O) groups excluding carboxylic acids is 1. The van der Waals surface area contributed by atoms with Crippen LogP contribution in [-0.2, 0) is 9.53 Å². The minimum atomic E-state index is 0.115. The number of Topliss-reactive ketones (excluding diaryl/α,β-unsaturated/α-hetero) is 1. The number of nitrogens with zero attached hydrogens (tertiary/aromatic N) is 3. The Bertz CT molecular complexity index is 321. The molecule has 3 fully saturated rings. The second kappa shape index (κ2) is 6.95. The van der Waals surface area contributed by atoms with Crippen molar-refractivity contribution in [2.75, 3.05) is 59.5 Å². The SMILES string of the molecule is O=C(CNCN1CN2CCCN(C2)C1)C1CCCOC1. The first kappa shape index (κ1) is 14.4. The summed E-state index contributed by atoms with van der Waals surface area (Å²) in [5, 5.41) is 3.31. The number of carbonyl (C=O) groups is 1. The second-order valence-electron chi connectivity index (χ2n) is 6.20. The predicted octanol–water partition coefficient (Wildman–Crippen LogP) is -0.275. The van der Waals surface area contributed by atoms with Crippen molar-refractivity contribution in [1.29, 1.82) is 0 Å². The highest BCUT2D eigenvalue weighted by Gasteiger charge is 2.26. The zero-order valence-electron chi connectivity index (χ0n) is 12.2. The van der Waals surface area contributed by atoms with Crippen molar-refractivity contribution in [2.24, 2.45) is 5.92 Å². The lowest BCUT2D eigenvalue weighted by Gasteiger charge is -2.45. The van der Waals surface area contributed by atoms with Gasteiger partial charge in [-0.25, -0.2) is 0 Å². The van der Waals surface area contributed by atoms with Gasteiger partial charge in [0, 0.05) is 25.6 Å². The molecule has 2 bridgehead atoms. The fraction of sp³-hybridized carbons (Fsp3) is 0.929. The first-order valence-corrected chi connectivity index (χ1v) is 7.79. The maximum Gasteiger partial charge on any atom is 0.152 e. The van der Waals surface area contributed by atoms with Gasteiger partial charge in [0.05, 0.1) is 39.8 Å². The zero-order valence-corrected chi connectivity index (χ0v) is 12.2. The Morgan fingerprint density at radius 1 is 1.15 bits per heavy atom. The lowest BCUT2D eigenvalue weighted by atomic mass is 9.97. The van der Waals surface area contributed by atoms with Gasteiger partial charge in [0.1, 0.15) is 0 Å². The second-order valence-corrected chi connectivity index (χ2v) is 6.20. The van der Waals surface area contributed by atoms with Crippen molar-refractivity contribution in [2.45, 2.75) is 19.3 Å². The molecule has 0 aromatic rings. The van der Waals surface area contributed by atoms with Gasteiger partial charge in [0.25, 0.3) is 0 Å². The van der Waals surface area contributed by atoms with E-state index in [9.17, 15) is 4.79 Å². The number of hydrogen-bond donors (Lipinski definition) is 1. The molecule has 3 aliphatic heterocycles. The number of fused-ring (bicyclic) bond motifs is 2. The third-order valence-electron chi connectivity index (χ3n) is 4.40. The Labute approximate surface area is 121 Å². The molecule has 0 radical (unpaired) electrons. The topological polar surface area (TPSA) is 48.1 Å². The van der Waals surface area contributed by atoms with Crippen LogP contribution in [0.5, 0.6) is 0 Å². The van der Waals surface area contributed by atoms with E-state index in [1.54, 1.807) is 0 Å². The Hall–Kier alpha value is -0.530. The van der Waals surface area contributed by atoms with Crippen LogP contribution in [0.3, 0.4) is 0 Å². The maximum absolute atomic E-state index is 12.1. The number of nitrogens with one attached hydrogen (secondary N) is 1. The van der Waals surface area contributed by atoms with Crippen molar-refractivity contribution >= 4 is 5.78 Å². The van der Waals surface area contributed by atoms with Gasteiger partial charge in [-0.15, -0.1) is 0 Å². The minimum absolute atomic E-state index is 0.115. The van der Waals surface area contributed by atoms with E-state index >= 15 is 0 Å². The number of rotatable bonds is 5. The van der Waals surface area contributed by atoms with Crippen molar-refractivity contribution in [3.8, 4) is 0 Å². The van der Waals surface area contributed by atoms with Gasteiger partial charge in [-0.2, -0.15) is 0 Å². The van der Waals surface area contributed by atoms with Gasteiger partial charge in [-0.3, -0.25) is 24.8 Å². The first-order valence-electron chi connectivity index (χ1n) is 7.79. The molecule has 3 heterocycles. The van der Waals surface area contributed by atoms with Gasteiger partial charge in [-0.05, 0) is 19.3 Å². The lowest BCUT2D eigenvalue weighted by Crippen LogP contribution is -2.59. The van der Waals surface area contributed by atoms with E-state index < -0.39 is 0 Å². The highest BCUT2D eigenvalue weighted by molar-refractivity contribution is 5.83. The van der Waals surface area contributed by atoms with E-state index in [0.717, 1.165) is 46.1 Å². The molecule has 0 aliphatic carbocycles. The average molecular weight is 282 g/mol. The number of ether oxygens (including phenoxy) is 1. The largest absolute Gasteiger partial charge is 0.381 e. The van der Waals surface area contributed by atoms with Crippen LogP contribution in [0.4, 0.5) is 0 Å². The molecular formula is C14H26N4O2. The minimum Gasteiger partial charge on any atom is -0.381 e. The molecule has 6 nitrogen and oxygen atoms in total. The fourth-order valence-corrected chi connectivity index (χ4v) is 3.36. The standard InChI is InChI=1S/C14H26N4O2/c19-14(13-3-1-6-20-8-13)7-15-9-18-11-16-4-2-5-17(10-16)12-18/h13,15H,1-12H2. The van der Waals surface area contributed by atoms with Crippen LogP contribution < -0.4 is 5.32 Å². The molecule has 3 unspecified atom stereocenters. The van der Waals surface area contributed by atoms with E-state index in [4.69, 9.17) is 4.74 Å². The summed E-state index contributed by atoms with van der Waals surface area (Å²) in [7, 11) is 0. The summed E-state index contributed by atoms with van der Waals surface area (Å²) in [6, 6.07) is 0. The van der Waals surface area contributed by atoms with Gasteiger partial charge in [0.15, 0.2) is 5.78 Å². The van der Waals surface area contributed by atoms with Crippen molar-refractivity contribution in [1.82, 2.24) is 20.0 Å². The molecule has 0 amide bonds. The summed E-state index contributed by atoms with van der Waals surface area (Å²) in [6.07, 6.45) is 3.29. The Morgan fingerprint density at radius 3 is 2.65 bits per heavy atom. The van der Waals surface area contributed by atoms with Gasteiger partial charge in [-0.1, -0.05) is 0 Å². The van der Waals surface area contributed by atoms with Crippen LogP contribution in [0.1, 0.15) is 19.3 Å². The molecule has 0 aromatic heterocycles. The van der Waals surface area contributed by atoms with E-state index in [0.29, 0.717) is 18.9 Å². The van der Waals surface area contributed by atoms with Gasteiger partial charge < -0.3 is 4.74 Å². The maximum atomic E-state index is 12.1. The third-order valence-corrected chi connectivity index (χ3v) is 4.40. The molecule has 3 rings (SSSR count). The van der Waals surface area contributed by atoms with Crippen molar-refractivity contribution < 1.29 is 9.53 Å². The lowest BCUT2D eigenvalue weighted by molar-refractivity contribution is -0.126. The summed E-state index contributed by atoms with van der Waals surface area (Å²) in [5.74, 6) is 0.423. The molecule has 3 aliphatic rings. The van der Waals surface area contributed by atoms with E-state index in [1.165, 1.54) is 19.5 Å². The molecule has 0 spiro atoms. The Balaban J connectivity index is 1.36. The molecule has 0 aromatic carbocycles. The number of hydrogen-bond acceptors (Lipinski definition) is 6. The first-order chi connectivity index (χ1) is 9.81. The summed E-state index contributed by atoms with van der Waals surface area (Å²) in [5.41, 5.74) is 0. The van der Waals surface area contributed by atoms with Crippen LogP contribution >= 0.6 is 0 Å². The average Bonchev–Trinajstić information content (AvgIpc) is 2.48. The smallest absolute Gasteiger partial charge is 0.152 e. The highest BCUT2D eigenvalue weighted by atomic mass is 16.5. The quantitative estimate of drug-likeness (QED) is 0.749. The highest BCUT2D eigenvalue weighted by Crippen LogP contribution is 2.14. The molecule has 3 atom stereocenters. The van der Waals surface area contributed by atoms with Gasteiger partial charge >= 0.3 is 0 Å². The molecule has 1 N–H and O–H groups in total. The van der Waals surface area contributed by atoms with Crippen molar-refractivity contribution in [3.05, 3.63) is 0 Å². The van der Waals surface area contributed by atoms with Crippen LogP contribution in [0, 0.1) is 5.92 Å². The predicted molar refractivity (Wildman–Crippen MR) is 75.9 cm³/mol. The Kier molecular flexibility index (Phi) is 5.01. The number of ketones is 1. The van der Waals surface area contributed by atoms with Crippen LogP contribution in [0.15, 0.2) is 0 Å². The molecule has 20 heavy (non-hydrogen) atoms. The zero-order chi connectivity index (χ0) is 13.8. The summed E-state index contributed by atoms with van der Waals surface area (Å²) < 4.78 is 5.38. The normalized spacial score (nSPS) is 34.9. The van der Waals surface area contributed by atoms with E-state index in [1.807, 2.05) is 0 Å². The fourth-order valence-electron chi connectivity index (χ4n) is 3.36. The van der Waals surface area contributed by atoms with Crippen LogP contribution in [0.25, 0.3) is 0 Å². The molecular weight excluding hydrogens is 256 g/mol. The van der Waals surface area contributed by atoms with E-state index in [2.05, 4.69) is 20.0 Å². The van der Waals surface area contributed by atoms with Crippen LogP contribution in [0.2, 0.25) is 0 Å². The third kappa shape index (κ3) is 3.77. The molecule has 114 valence electrons. The van der Waals surface area contributed by atoms with Crippen molar-refractivity contribution in [3.63, 3.8) is 0 Å². The summed E-state index contributed by atoms with van der Waals surface area (Å²) in [4.78, 5) is 19.3. The van der Waals surface area contributed by atoms with Gasteiger partial charge in [0.2, 0.25) is 0 Å². The Morgan fingerprint density at radius 2 is 1.95 bits per heavy atom. The summed E-state index contributed by atoms with van der Waals surface area (Å²) in [6.45, 7) is 8.25. The molecule has 6 heteroatoms. The monoisotopic (exact) mass is 282 g/mol. The van der Waals surface area contributed by atoms with Crippen LogP contribution in [-0.4, -0.2) is 80.0 Å². The summed E-state index contributed by atoms with van der Waals surface area (Å²) >= 11 is 0. The van der Waals surface area contributed by atoms with E-state index in [-0.39, 0.29) is 5.92 Å². The molecule has 0 saturated carbocycles.